The number of carbonyl (C=O) groups is 2. The Morgan fingerprint density at radius 1 is 1.19 bits per heavy atom. The summed E-state index contributed by atoms with van der Waals surface area (Å²) in [5, 5.41) is 13.4. The Balaban J connectivity index is 1.86. The second-order valence-corrected chi connectivity index (χ2v) is 6.41. The minimum atomic E-state index is -1.09. The van der Waals surface area contributed by atoms with E-state index in [0.717, 1.165) is 4.90 Å². The highest BCUT2D eigenvalue weighted by Crippen LogP contribution is 2.24. The smallest absolute Gasteiger partial charge is 0.317 e. The van der Waals surface area contributed by atoms with Gasteiger partial charge in [-0.2, -0.15) is 0 Å². The molecule has 0 unspecified atom stereocenters. The molecule has 1 amide bonds. The molecule has 1 atom stereocenters. The summed E-state index contributed by atoms with van der Waals surface area (Å²) in [6.07, 6.45) is -1.09. The van der Waals surface area contributed by atoms with Crippen LogP contribution in [0.2, 0.25) is 0 Å². The second-order valence-electron chi connectivity index (χ2n) is 5.36. The van der Waals surface area contributed by atoms with Crippen molar-refractivity contribution in [2.75, 3.05) is 18.2 Å². The van der Waals surface area contributed by atoms with Gasteiger partial charge in [0.25, 0.3) is 11.6 Å². The summed E-state index contributed by atoms with van der Waals surface area (Å²) in [7, 11) is 1.57. The molecule has 2 rings (SSSR count). The minimum absolute atomic E-state index is 0.0232. The van der Waals surface area contributed by atoms with E-state index in [1.54, 1.807) is 37.4 Å². The molecule has 0 aliphatic heterocycles. The maximum atomic E-state index is 12.1. The van der Waals surface area contributed by atoms with Crippen LogP contribution in [0.4, 0.5) is 11.4 Å². The number of methoxy groups -OCH3 is 1. The van der Waals surface area contributed by atoms with Crippen LogP contribution in [0.25, 0.3) is 0 Å². The maximum Gasteiger partial charge on any atom is 0.317 e. The van der Waals surface area contributed by atoms with Crippen molar-refractivity contribution >= 4 is 35.0 Å². The molecular weight excluding hydrogens is 372 g/mol. The number of carbonyl (C=O) groups excluding carboxylic acids is 2. The number of benzene rings is 2. The number of hydrogen-bond acceptors (Lipinski definition) is 7. The first kappa shape index (κ1) is 20.2. The van der Waals surface area contributed by atoms with Gasteiger partial charge in [0, 0.05) is 11.0 Å². The summed E-state index contributed by atoms with van der Waals surface area (Å²) in [4.78, 5) is 35.3. The molecule has 2 aromatic carbocycles. The van der Waals surface area contributed by atoms with Crippen LogP contribution < -0.4 is 10.1 Å². The van der Waals surface area contributed by atoms with Crippen LogP contribution in [-0.4, -0.2) is 35.8 Å². The topological polar surface area (TPSA) is 108 Å². The summed E-state index contributed by atoms with van der Waals surface area (Å²) in [5.41, 5.74) is -0.192. The SMILES string of the molecule is COc1ccc(SCC(=O)O[C@@H](C)C(=O)Nc2ccccc2[N+](=O)[O-])cc1. The highest BCUT2D eigenvalue weighted by molar-refractivity contribution is 8.00. The van der Waals surface area contributed by atoms with Gasteiger partial charge in [0.15, 0.2) is 6.10 Å². The molecule has 27 heavy (non-hydrogen) atoms. The van der Waals surface area contributed by atoms with Gasteiger partial charge in [-0.05, 0) is 37.3 Å². The van der Waals surface area contributed by atoms with Crippen molar-refractivity contribution in [2.45, 2.75) is 17.9 Å². The molecule has 9 heteroatoms. The van der Waals surface area contributed by atoms with Crippen LogP contribution in [-0.2, 0) is 14.3 Å². The zero-order valence-corrected chi connectivity index (χ0v) is 15.5. The molecule has 0 saturated heterocycles. The number of thioether (sulfide) groups is 1. The first-order valence-electron chi connectivity index (χ1n) is 7.91. The fraction of sp³-hybridized carbons (Fsp3) is 0.222. The number of amides is 1. The summed E-state index contributed by atoms with van der Waals surface area (Å²) in [5.74, 6) is -0.481. The number of anilines is 1. The number of para-hydroxylation sites is 2. The lowest BCUT2D eigenvalue weighted by Crippen LogP contribution is -2.30. The van der Waals surface area contributed by atoms with E-state index >= 15 is 0 Å². The van der Waals surface area contributed by atoms with E-state index in [2.05, 4.69) is 5.32 Å². The number of nitro groups is 1. The van der Waals surface area contributed by atoms with E-state index in [1.165, 1.54) is 36.9 Å². The van der Waals surface area contributed by atoms with E-state index in [-0.39, 0.29) is 17.1 Å². The minimum Gasteiger partial charge on any atom is -0.497 e. The third kappa shape index (κ3) is 6.00. The Hall–Kier alpha value is -3.07. The van der Waals surface area contributed by atoms with Crippen LogP contribution >= 0.6 is 11.8 Å². The molecule has 2 aromatic rings. The second kappa shape index (κ2) is 9.58. The molecule has 0 aliphatic rings. The number of rotatable bonds is 8. The van der Waals surface area contributed by atoms with Gasteiger partial charge in [0.2, 0.25) is 0 Å². The number of ether oxygens (including phenoxy) is 2. The Morgan fingerprint density at radius 3 is 2.48 bits per heavy atom. The monoisotopic (exact) mass is 390 g/mol. The van der Waals surface area contributed by atoms with E-state index in [0.29, 0.717) is 5.75 Å². The lowest BCUT2D eigenvalue weighted by atomic mass is 10.2. The first-order valence-corrected chi connectivity index (χ1v) is 8.90. The molecule has 0 radical (unpaired) electrons. The van der Waals surface area contributed by atoms with Crippen molar-refractivity contribution in [3.05, 3.63) is 58.6 Å². The van der Waals surface area contributed by atoms with E-state index in [1.807, 2.05) is 0 Å². The van der Waals surface area contributed by atoms with E-state index in [4.69, 9.17) is 9.47 Å². The van der Waals surface area contributed by atoms with Gasteiger partial charge in [-0.25, -0.2) is 0 Å². The molecule has 0 heterocycles. The highest BCUT2D eigenvalue weighted by Gasteiger charge is 2.21. The van der Waals surface area contributed by atoms with E-state index in [9.17, 15) is 19.7 Å². The van der Waals surface area contributed by atoms with Gasteiger partial charge in [-0.3, -0.25) is 19.7 Å². The first-order chi connectivity index (χ1) is 12.9. The van der Waals surface area contributed by atoms with Crippen LogP contribution in [0.3, 0.4) is 0 Å². The molecule has 0 aliphatic carbocycles. The predicted octanol–water partition coefficient (Wildman–Crippen LogP) is 3.27. The van der Waals surface area contributed by atoms with Crippen molar-refractivity contribution in [1.82, 2.24) is 0 Å². The summed E-state index contributed by atoms with van der Waals surface area (Å²) in [6.45, 7) is 1.40. The fourth-order valence-corrected chi connectivity index (χ4v) is 2.75. The predicted molar refractivity (Wildman–Crippen MR) is 101 cm³/mol. The molecule has 0 bridgehead atoms. The molecule has 0 aromatic heterocycles. The lowest BCUT2D eigenvalue weighted by molar-refractivity contribution is -0.383. The fourth-order valence-electron chi connectivity index (χ4n) is 2.07. The summed E-state index contributed by atoms with van der Waals surface area (Å²) in [6, 6.07) is 12.9. The van der Waals surface area contributed by atoms with Crippen molar-refractivity contribution in [3.8, 4) is 5.75 Å². The summed E-state index contributed by atoms with van der Waals surface area (Å²) >= 11 is 1.26. The van der Waals surface area contributed by atoms with Crippen LogP contribution in [0, 0.1) is 10.1 Å². The average Bonchev–Trinajstić information content (AvgIpc) is 2.67. The number of esters is 1. The molecule has 8 nitrogen and oxygen atoms in total. The largest absolute Gasteiger partial charge is 0.497 e. The zero-order chi connectivity index (χ0) is 19.8. The lowest BCUT2D eigenvalue weighted by Gasteiger charge is -2.13. The molecule has 142 valence electrons. The van der Waals surface area contributed by atoms with Crippen molar-refractivity contribution in [3.63, 3.8) is 0 Å². The molecular formula is C18H18N2O6S. The van der Waals surface area contributed by atoms with Crippen LogP contribution in [0.5, 0.6) is 5.75 Å². The number of nitrogens with one attached hydrogen (secondary N) is 1. The zero-order valence-electron chi connectivity index (χ0n) is 14.7. The summed E-state index contributed by atoms with van der Waals surface area (Å²) < 4.78 is 10.1. The Bertz CT molecular complexity index is 825. The molecule has 0 fully saturated rings. The van der Waals surface area contributed by atoms with Crippen molar-refractivity contribution in [2.24, 2.45) is 0 Å². The average molecular weight is 390 g/mol. The standard InChI is InChI=1S/C18H18N2O6S/c1-12(18(22)19-15-5-3-4-6-16(15)20(23)24)26-17(21)11-27-14-9-7-13(25-2)8-10-14/h3-10,12H,11H2,1-2H3,(H,19,22)/t12-/m0/s1. The van der Waals surface area contributed by atoms with Gasteiger partial charge in [0.1, 0.15) is 11.4 Å². The van der Waals surface area contributed by atoms with Crippen molar-refractivity contribution < 1.29 is 24.0 Å². The van der Waals surface area contributed by atoms with Crippen LogP contribution in [0.1, 0.15) is 6.92 Å². The molecule has 0 spiro atoms. The van der Waals surface area contributed by atoms with Crippen LogP contribution in [0.15, 0.2) is 53.4 Å². The van der Waals surface area contributed by atoms with E-state index < -0.39 is 22.9 Å². The number of hydrogen-bond donors (Lipinski definition) is 1. The van der Waals surface area contributed by atoms with Crippen molar-refractivity contribution in [1.29, 1.82) is 0 Å². The van der Waals surface area contributed by atoms with Gasteiger partial charge in [-0.15, -0.1) is 11.8 Å². The Labute approximate surface area is 160 Å². The van der Waals surface area contributed by atoms with Gasteiger partial charge in [-0.1, -0.05) is 12.1 Å². The normalized spacial score (nSPS) is 11.3. The quantitative estimate of drug-likeness (QED) is 0.319. The third-order valence-electron chi connectivity index (χ3n) is 3.45. The maximum absolute atomic E-state index is 12.1. The number of nitrogens with zero attached hydrogens (tertiary/aromatic N) is 1. The van der Waals surface area contributed by atoms with Gasteiger partial charge >= 0.3 is 5.97 Å². The molecule has 0 saturated carbocycles. The highest BCUT2D eigenvalue weighted by atomic mass is 32.2. The molecule has 1 N–H and O–H groups in total. The number of nitro benzene ring substituents is 1. The third-order valence-corrected chi connectivity index (χ3v) is 4.44. The van der Waals surface area contributed by atoms with Gasteiger partial charge < -0.3 is 14.8 Å². The Morgan fingerprint density at radius 2 is 1.85 bits per heavy atom. The Kier molecular flexibility index (Phi) is 7.18. The van der Waals surface area contributed by atoms with Gasteiger partial charge in [0.05, 0.1) is 17.8 Å².